The van der Waals surface area contributed by atoms with Crippen molar-refractivity contribution in [3.05, 3.63) is 19.6 Å². The summed E-state index contributed by atoms with van der Waals surface area (Å²) in [4.78, 5) is 9.76. The Balaban J connectivity index is 2.78. The van der Waals surface area contributed by atoms with Crippen LogP contribution in [0.25, 0.3) is 0 Å². The number of nitrogens with zero attached hydrogens (tertiary/aromatic N) is 1. The van der Waals surface area contributed by atoms with Crippen molar-refractivity contribution in [3.8, 4) is 0 Å². The van der Waals surface area contributed by atoms with Crippen LogP contribution in [0, 0.1) is 10.1 Å². The Morgan fingerprint density at radius 1 is 1.78 bits per heavy atom. The summed E-state index contributed by atoms with van der Waals surface area (Å²) in [7, 11) is 0. The Bertz CT molecular complexity index is 179. The summed E-state index contributed by atoms with van der Waals surface area (Å²) in [5, 5.41) is 10.4. The summed E-state index contributed by atoms with van der Waals surface area (Å²) in [5.74, 6) is 0.830. The fourth-order valence-electron chi connectivity index (χ4n) is 0.574. The predicted octanol–water partition coefficient (Wildman–Crippen LogP) is 1.96. The van der Waals surface area contributed by atoms with Gasteiger partial charge < -0.3 is 0 Å². The number of hydrogen-bond acceptors (Lipinski definition) is 3. The number of nitro groups is 1. The standard InChI is InChI=1S/C4H4BrNO2S/c5-3-1-2-9-4(3)6(7)8/h1-2H2. The maximum Gasteiger partial charge on any atom is 0.313 e. The Morgan fingerprint density at radius 2 is 2.44 bits per heavy atom. The van der Waals surface area contributed by atoms with Gasteiger partial charge in [0.25, 0.3) is 0 Å². The van der Waals surface area contributed by atoms with E-state index in [2.05, 4.69) is 15.9 Å². The molecule has 5 heteroatoms. The lowest BCUT2D eigenvalue weighted by Gasteiger charge is -1.86. The second kappa shape index (κ2) is 2.70. The van der Waals surface area contributed by atoms with Crippen molar-refractivity contribution in [2.75, 3.05) is 5.75 Å². The van der Waals surface area contributed by atoms with Crippen LogP contribution in [0.3, 0.4) is 0 Å². The third-order valence-corrected chi connectivity index (χ3v) is 3.07. The molecule has 0 fully saturated rings. The maximum atomic E-state index is 10.1. The van der Waals surface area contributed by atoms with Gasteiger partial charge in [-0.3, -0.25) is 10.1 Å². The summed E-state index contributed by atoms with van der Waals surface area (Å²) in [5.41, 5.74) is 0. The van der Waals surface area contributed by atoms with Crippen molar-refractivity contribution >= 4 is 27.7 Å². The van der Waals surface area contributed by atoms with Crippen LogP contribution in [0.15, 0.2) is 9.51 Å². The summed E-state index contributed by atoms with van der Waals surface area (Å²) in [6.45, 7) is 0. The predicted molar refractivity (Wildman–Crippen MR) is 40.0 cm³/mol. The molecule has 0 N–H and O–H groups in total. The molecule has 0 unspecified atom stereocenters. The van der Waals surface area contributed by atoms with Gasteiger partial charge in [0.15, 0.2) is 0 Å². The Kier molecular flexibility index (Phi) is 2.13. The molecule has 1 heterocycles. The van der Waals surface area contributed by atoms with E-state index in [1.807, 2.05) is 0 Å². The highest BCUT2D eigenvalue weighted by molar-refractivity contribution is 9.11. The van der Waals surface area contributed by atoms with E-state index in [0.29, 0.717) is 0 Å². The monoisotopic (exact) mass is 209 g/mol. The topological polar surface area (TPSA) is 43.1 Å². The smallest absolute Gasteiger partial charge is 0.258 e. The van der Waals surface area contributed by atoms with Gasteiger partial charge in [0, 0.05) is 5.75 Å². The molecule has 0 aromatic carbocycles. The number of thioether (sulfide) groups is 1. The molecule has 0 atom stereocenters. The summed E-state index contributed by atoms with van der Waals surface area (Å²) >= 11 is 4.41. The Hall–Kier alpha value is -0.0300. The highest BCUT2D eigenvalue weighted by Crippen LogP contribution is 2.34. The first kappa shape index (κ1) is 7.08. The van der Waals surface area contributed by atoms with Crippen molar-refractivity contribution in [1.82, 2.24) is 0 Å². The fraction of sp³-hybridized carbons (Fsp3) is 0.500. The van der Waals surface area contributed by atoms with Crippen molar-refractivity contribution in [2.24, 2.45) is 0 Å². The molecule has 0 aromatic rings. The van der Waals surface area contributed by atoms with Crippen LogP contribution in [0.2, 0.25) is 0 Å². The average Bonchev–Trinajstić information content (AvgIpc) is 2.13. The second-order valence-electron chi connectivity index (χ2n) is 1.57. The summed E-state index contributed by atoms with van der Waals surface area (Å²) in [6.07, 6.45) is 0.793. The van der Waals surface area contributed by atoms with Crippen molar-refractivity contribution < 1.29 is 4.92 Å². The van der Waals surface area contributed by atoms with Gasteiger partial charge in [-0.2, -0.15) is 0 Å². The molecule has 0 saturated heterocycles. The third kappa shape index (κ3) is 1.46. The van der Waals surface area contributed by atoms with Gasteiger partial charge in [-0.25, -0.2) is 0 Å². The zero-order valence-corrected chi connectivity index (χ0v) is 6.87. The van der Waals surface area contributed by atoms with Gasteiger partial charge in [-0.05, 0) is 22.4 Å². The lowest BCUT2D eigenvalue weighted by Crippen LogP contribution is -1.91. The zero-order chi connectivity index (χ0) is 6.85. The molecule has 1 rings (SSSR count). The number of hydrogen-bond donors (Lipinski definition) is 0. The van der Waals surface area contributed by atoms with E-state index in [9.17, 15) is 10.1 Å². The molecule has 1 aliphatic rings. The molecule has 0 spiro atoms. The van der Waals surface area contributed by atoms with E-state index in [1.165, 1.54) is 11.8 Å². The van der Waals surface area contributed by atoms with Crippen LogP contribution in [0.4, 0.5) is 0 Å². The largest absolute Gasteiger partial charge is 0.313 e. The van der Waals surface area contributed by atoms with E-state index < -0.39 is 0 Å². The molecule has 0 bridgehead atoms. The first-order valence-electron chi connectivity index (χ1n) is 2.37. The third-order valence-electron chi connectivity index (χ3n) is 0.958. The van der Waals surface area contributed by atoms with E-state index in [1.54, 1.807) is 0 Å². The van der Waals surface area contributed by atoms with Gasteiger partial charge >= 0.3 is 5.03 Å². The number of allylic oxidation sites excluding steroid dienone is 1. The van der Waals surface area contributed by atoms with Crippen LogP contribution in [0.5, 0.6) is 0 Å². The van der Waals surface area contributed by atoms with Crippen molar-refractivity contribution in [3.63, 3.8) is 0 Å². The first-order chi connectivity index (χ1) is 4.22. The number of rotatable bonds is 1. The minimum absolute atomic E-state index is 0.273. The van der Waals surface area contributed by atoms with E-state index in [-0.39, 0.29) is 9.95 Å². The summed E-state index contributed by atoms with van der Waals surface area (Å²) < 4.78 is 0.734. The van der Waals surface area contributed by atoms with Crippen LogP contribution in [-0.2, 0) is 0 Å². The van der Waals surface area contributed by atoms with E-state index in [0.717, 1.165) is 16.7 Å². The molecule has 0 saturated carbocycles. The first-order valence-corrected chi connectivity index (χ1v) is 4.15. The molecule has 1 aliphatic heterocycles. The van der Waals surface area contributed by atoms with Gasteiger partial charge in [0.1, 0.15) is 0 Å². The molecule has 50 valence electrons. The molecule has 0 aromatic heterocycles. The minimum Gasteiger partial charge on any atom is -0.258 e. The van der Waals surface area contributed by atoms with E-state index in [4.69, 9.17) is 0 Å². The maximum absolute atomic E-state index is 10.1. The van der Waals surface area contributed by atoms with Crippen LogP contribution >= 0.6 is 27.7 Å². The number of halogens is 1. The van der Waals surface area contributed by atoms with Gasteiger partial charge in [-0.15, -0.1) is 0 Å². The molecule has 0 amide bonds. The van der Waals surface area contributed by atoms with Gasteiger partial charge in [0.2, 0.25) is 0 Å². The lowest BCUT2D eigenvalue weighted by atomic mass is 10.5. The molecular weight excluding hydrogens is 206 g/mol. The van der Waals surface area contributed by atoms with Crippen LogP contribution < -0.4 is 0 Å². The average molecular weight is 210 g/mol. The quantitative estimate of drug-likeness (QED) is 0.490. The van der Waals surface area contributed by atoms with Crippen molar-refractivity contribution in [2.45, 2.75) is 6.42 Å². The minimum atomic E-state index is -0.345. The van der Waals surface area contributed by atoms with Gasteiger partial charge in [0.05, 0.1) is 9.41 Å². The van der Waals surface area contributed by atoms with Crippen molar-refractivity contribution in [1.29, 1.82) is 0 Å². The Morgan fingerprint density at radius 3 is 2.67 bits per heavy atom. The second-order valence-corrected chi connectivity index (χ2v) is 3.61. The molecule has 0 aliphatic carbocycles. The molecule has 0 radical (unpaired) electrons. The lowest BCUT2D eigenvalue weighted by molar-refractivity contribution is -0.410. The zero-order valence-electron chi connectivity index (χ0n) is 4.46. The van der Waals surface area contributed by atoms with Gasteiger partial charge in [-0.1, -0.05) is 11.8 Å². The Labute approximate surface area is 64.8 Å². The molecule has 3 nitrogen and oxygen atoms in total. The fourth-order valence-corrected chi connectivity index (χ4v) is 2.39. The molecule has 9 heavy (non-hydrogen) atoms. The van der Waals surface area contributed by atoms with E-state index >= 15 is 0 Å². The van der Waals surface area contributed by atoms with Crippen LogP contribution in [-0.4, -0.2) is 10.7 Å². The summed E-state index contributed by atoms with van der Waals surface area (Å²) in [6, 6.07) is 0. The highest BCUT2D eigenvalue weighted by Gasteiger charge is 2.22. The SMILES string of the molecule is O=[N+]([O-])C1=C(Br)CCS1. The normalized spacial score (nSPS) is 18.8. The highest BCUT2D eigenvalue weighted by atomic mass is 79.9. The molecular formula is C4H4BrNO2S. The van der Waals surface area contributed by atoms with Crippen LogP contribution in [0.1, 0.15) is 6.42 Å².